The van der Waals surface area contributed by atoms with E-state index in [9.17, 15) is 13.2 Å². The lowest BCUT2D eigenvalue weighted by Gasteiger charge is -2.37. The van der Waals surface area contributed by atoms with Gasteiger partial charge in [0.15, 0.2) is 0 Å². The molecule has 2 heterocycles. The van der Waals surface area contributed by atoms with Crippen LogP contribution in [0, 0.1) is 6.92 Å². The molecule has 2 atom stereocenters. The molecule has 8 heteroatoms. The summed E-state index contributed by atoms with van der Waals surface area (Å²) in [5, 5.41) is 3.36. The van der Waals surface area contributed by atoms with Gasteiger partial charge in [0.25, 0.3) is 0 Å². The van der Waals surface area contributed by atoms with E-state index in [0.29, 0.717) is 39.3 Å². The van der Waals surface area contributed by atoms with Gasteiger partial charge in [0.1, 0.15) is 5.75 Å². The molecule has 150 valence electrons. The van der Waals surface area contributed by atoms with E-state index < -0.39 is 15.8 Å². The lowest BCUT2D eigenvalue weighted by Crippen LogP contribution is -2.57. The molecule has 7 nitrogen and oxygen atoms in total. The van der Waals surface area contributed by atoms with Crippen molar-refractivity contribution in [2.45, 2.75) is 32.9 Å². The van der Waals surface area contributed by atoms with Gasteiger partial charge in [-0.25, -0.2) is 8.42 Å². The van der Waals surface area contributed by atoms with Crippen molar-refractivity contribution < 1.29 is 13.2 Å². The maximum absolute atomic E-state index is 12.7. The molecule has 1 aromatic rings. The van der Waals surface area contributed by atoms with Crippen LogP contribution in [0.3, 0.4) is 0 Å². The minimum atomic E-state index is -3.59. The molecular weight excluding hydrogens is 364 g/mol. The summed E-state index contributed by atoms with van der Waals surface area (Å²) in [5.41, 5.74) is 2.31. The number of rotatable bonds is 4. The lowest BCUT2D eigenvalue weighted by molar-refractivity contribution is -0.130. The van der Waals surface area contributed by atoms with Gasteiger partial charge >= 0.3 is 0 Å². The van der Waals surface area contributed by atoms with E-state index in [-0.39, 0.29) is 18.0 Å². The van der Waals surface area contributed by atoms with E-state index in [1.54, 1.807) is 4.90 Å². The first-order valence-corrected chi connectivity index (χ1v) is 11.2. The average molecular weight is 395 g/mol. The van der Waals surface area contributed by atoms with Crippen molar-refractivity contribution in [1.82, 2.24) is 14.5 Å². The number of nitrogens with one attached hydrogen (secondary N) is 1. The van der Waals surface area contributed by atoms with E-state index in [1.165, 1.54) is 9.87 Å². The fraction of sp³-hybridized carbons (Fsp3) is 0.632. The monoisotopic (exact) mass is 394 g/mol. The molecule has 0 spiro atoms. The zero-order valence-electron chi connectivity index (χ0n) is 16.4. The molecule has 2 saturated heterocycles. The second-order valence-corrected chi connectivity index (χ2v) is 9.72. The Bertz CT molecular complexity index is 765. The van der Waals surface area contributed by atoms with Gasteiger partial charge < -0.3 is 15.1 Å². The Morgan fingerprint density at radius 1 is 1.11 bits per heavy atom. The predicted octanol–water partition coefficient (Wildman–Crippen LogP) is 0.656. The summed E-state index contributed by atoms with van der Waals surface area (Å²) < 4.78 is 27.0. The largest absolute Gasteiger partial charge is 0.369 e. The number of nitrogens with zero attached hydrogens (tertiary/aromatic N) is 3. The molecule has 2 aliphatic rings. The van der Waals surface area contributed by atoms with Crippen LogP contribution in [-0.2, 0) is 14.8 Å². The van der Waals surface area contributed by atoms with E-state index in [4.69, 9.17) is 0 Å². The summed E-state index contributed by atoms with van der Waals surface area (Å²) in [6.07, 6.45) is 0. The molecule has 0 saturated carbocycles. The number of amides is 1. The van der Waals surface area contributed by atoms with Crippen molar-refractivity contribution in [3.63, 3.8) is 0 Å². The Morgan fingerprint density at radius 2 is 1.74 bits per heavy atom. The van der Waals surface area contributed by atoms with Crippen LogP contribution in [0.25, 0.3) is 0 Å². The summed E-state index contributed by atoms with van der Waals surface area (Å²) in [5.74, 6) is -0.729. The molecule has 0 unspecified atom stereocenters. The fourth-order valence-corrected chi connectivity index (χ4v) is 5.32. The van der Waals surface area contributed by atoms with Gasteiger partial charge in [-0.1, -0.05) is 12.1 Å². The molecule has 27 heavy (non-hydrogen) atoms. The van der Waals surface area contributed by atoms with E-state index in [0.717, 1.165) is 5.69 Å². The van der Waals surface area contributed by atoms with Crippen LogP contribution in [0.5, 0.6) is 0 Å². The Morgan fingerprint density at radius 3 is 2.33 bits per heavy atom. The van der Waals surface area contributed by atoms with Crippen LogP contribution < -0.4 is 10.2 Å². The first kappa shape index (κ1) is 20.1. The molecule has 3 rings (SSSR count). The van der Waals surface area contributed by atoms with Crippen LogP contribution in [0.4, 0.5) is 5.69 Å². The molecule has 0 aliphatic carbocycles. The smallest absolute Gasteiger partial charge is 0.239 e. The van der Waals surface area contributed by atoms with Gasteiger partial charge in [0.2, 0.25) is 15.9 Å². The normalized spacial score (nSPS) is 24.9. The van der Waals surface area contributed by atoms with Crippen molar-refractivity contribution >= 4 is 21.6 Å². The summed E-state index contributed by atoms with van der Waals surface area (Å²) >= 11 is 0. The highest BCUT2D eigenvalue weighted by molar-refractivity contribution is 7.89. The van der Waals surface area contributed by atoms with Gasteiger partial charge in [-0.15, -0.1) is 0 Å². The average Bonchev–Trinajstić information content (AvgIpc) is 2.60. The number of hydrogen-bond acceptors (Lipinski definition) is 5. The third-order valence-electron chi connectivity index (χ3n) is 5.21. The van der Waals surface area contributed by atoms with Crippen molar-refractivity contribution in [2.24, 2.45) is 0 Å². The highest BCUT2D eigenvalue weighted by Crippen LogP contribution is 2.19. The van der Waals surface area contributed by atoms with E-state index in [1.807, 2.05) is 39.0 Å². The molecule has 1 N–H and O–H groups in total. The number of hydrogen-bond donors (Lipinski definition) is 1. The van der Waals surface area contributed by atoms with Crippen LogP contribution in [0.2, 0.25) is 0 Å². The molecule has 1 amide bonds. The SMILES string of the molecule is Cc1cccc(N2CCN(S(=O)(=O)CC(=O)N3C[C@H](C)N[C@@H](C)C3)CC2)c1. The Hall–Kier alpha value is -1.64. The van der Waals surface area contributed by atoms with Crippen molar-refractivity contribution in [3.05, 3.63) is 29.8 Å². The van der Waals surface area contributed by atoms with Gasteiger partial charge in [-0.05, 0) is 38.5 Å². The molecule has 0 radical (unpaired) electrons. The van der Waals surface area contributed by atoms with E-state index in [2.05, 4.69) is 16.3 Å². The quantitative estimate of drug-likeness (QED) is 0.812. The predicted molar refractivity (Wildman–Crippen MR) is 107 cm³/mol. The van der Waals surface area contributed by atoms with Crippen LogP contribution in [0.15, 0.2) is 24.3 Å². The zero-order valence-corrected chi connectivity index (χ0v) is 17.2. The Kier molecular flexibility index (Phi) is 6.08. The number of carbonyl (C=O) groups excluding carboxylic acids is 1. The topological polar surface area (TPSA) is 73.0 Å². The molecule has 0 bridgehead atoms. The van der Waals surface area contributed by atoms with Gasteiger partial charge in [0, 0.05) is 57.0 Å². The number of aryl methyl sites for hydroxylation is 1. The maximum atomic E-state index is 12.7. The minimum Gasteiger partial charge on any atom is -0.369 e. The highest BCUT2D eigenvalue weighted by Gasteiger charge is 2.32. The van der Waals surface area contributed by atoms with Gasteiger partial charge in [-0.3, -0.25) is 4.79 Å². The second kappa shape index (κ2) is 8.16. The minimum absolute atomic E-state index is 0.179. The third-order valence-corrected chi connectivity index (χ3v) is 6.98. The number of anilines is 1. The maximum Gasteiger partial charge on any atom is 0.239 e. The van der Waals surface area contributed by atoms with Crippen LogP contribution in [0.1, 0.15) is 19.4 Å². The summed E-state index contributed by atoms with van der Waals surface area (Å²) in [7, 11) is -3.59. The molecule has 2 aliphatic heterocycles. The second-order valence-electron chi connectivity index (χ2n) is 7.75. The zero-order chi connectivity index (χ0) is 19.6. The molecule has 0 aromatic heterocycles. The van der Waals surface area contributed by atoms with Gasteiger partial charge in [-0.2, -0.15) is 4.31 Å². The van der Waals surface area contributed by atoms with E-state index >= 15 is 0 Å². The summed E-state index contributed by atoms with van der Waals surface area (Å²) in [6.45, 7) is 9.28. The number of benzene rings is 1. The third kappa shape index (κ3) is 5.00. The highest BCUT2D eigenvalue weighted by atomic mass is 32.2. The summed E-state index contributed by atoms with van der Waals surface area (Å²) in [4.78, 5) is 16.4. The Balaban J connectivity index is 1.57. The summed E-state index contributed by atoms with van der Waals surface area (Å²) in [6, 6.07) is 8.58. The van der Waals surface area contributed by atoms with Crippen molar-refractivity contribution in [2.75, 3.05) is 49.9 Å². The lowest BCUT2D eigenvalue weighted by atomic mass is 10.1. The molecular formula is C19H30N4O3S. The first-order valence-electron chi connectivity index (χ1n) is 9.58. The number of sulfonamides is 1. The van der Waals surface area contributed by atoms with Crippen molar-refractivity contribution in [1.29, 1.82) is 0 Å². The standard InChI is InChI=1S/C19H30N4O3S/c1-15-5-4-6-18(11-15)21-7-9-23(10-8-21)27(25,26)14-19(24)22-12-16(2)20-17(3)13-22/h4-6,11,16-17,20H,7-10,12-14H2,1-3H3/t16-,17-/m0/s1. The molecule has 1 aromatic carbocycles. The van der Waals surface area contributed by atoms with Crippen LogP contribution in [-0.4, -0.2) is 80.6 Å². The number of piperazine rings is 2. The first-order chi connectivity index (χ1) is 12.7. The van der Waals surface area contributed by atoms with Crippen LogP contribution >= 0.6 is 0 Å². The number of carbonyl (C=O) groups is 1. The van der Waals surface area contributed by atoms with Crippen molar-refractivity contribution in [3.8, 4) is 0 Å². The molecule has 2 fully saturated rings. The fourth-order valence-electron chi connectivity index (χ4n) is 3.92. The Labute approximate surface area is 162 Å². The van der Waals surface area contributed by atoms with Gasteiger partial charge in [0.05, 0.1) is 0 Å².